The molecule has 5 nitrogen and oxygen atoms in total. The number of nitrogens with one attached hydrogen (secondary N) is 2. The molecule has 1 aromatic rings. The zero-order valence-corrected chi connectivity index (χ0v) is 13.4. The molecule has 1 aromatic heterocycles. The number of hydrogen-bond donors (Lipinski definition) is 2. The van der Waals surface area contributed by atoms with Crippen molar-refractivity contribution in [3.63, 3.8) is 0 Å². The maximum Gasteiger partial charge on any atom is 0.212 e. The maximum absolute atomic E-state index is 11.9. The van der Waals surface area contributed by atoms with Crippen molar-refractivity contribution in [2.45, 2.75) is 39.7 Å². The normalized spacial score (nSPS) is 13.6. The van der Waals surface area contributed by atoms with Crippen molar-refractivity contribution in [3.05, 3.63) is 16.1 Å². The largest absolute Gasteiger partial charge is 0.317 e. The van der Waals surface area contributed by atoms with Crippen molar-refractivity contribution in [3.8, 4) is 0 Å². The Morgan fingerprint density at radius 2 is 2.16 bits per heavy atom. The summed E-state index contributed by atoms with van der Waals surface area (Å²) < 4.78 is 26.5. The average molecular weight is 305 g/mol. The Bertz CT molecular complexity index is 471. The van der Waals surface area contributed by atoms with Gasteiger partial charge in [-0.05, 0) is 32.9 Å². The molecule has 0 aliphatic rings. The van der Waals surface area contributed by atoms with E-state index >= 15 is 0 Å². The van der Waals surface area contributed by atoms with Gasteiger partial charge < -0.3 is 5.32 Å². The number of nitrogens with zero attached hydrogens (tertiary/aromatic N) is 1. The molecular weight excluding hydrogens is 282 g/mol. The molecule has 7 heteroatoms. The van der Waals surface area contributed by atoms with Gasteiger partial charge in [0.15, 0.2) is 0 Å². The predicted molar refractivity (Wildman–Crippen MR) is 80.0 cm³/mol. The molecule has 1 atom stereocenters. The summed E-state index contributed by atoms with van der Waals surface area (Å²) in [5.74, 6) is 0.149. The van der Waals surface area contributed by atoms with Crippen LogP contribution in [-0.4, -0.2) is 32.2 Å². The number of aryl methyl sites for hydroxylation is 1. The van der Waals surface area contributed by atoms with Crippen LogP contribution in [0.5, 0.6) is 0 Å². The van der Waals surface area contributed by atoms with Gasteiger partial charge in [-0.15, -0.1) is 11.3 Å². The van der Waals surface area contributed by atoms with Crippen LogP contribution in [0.2, 0.25) is 0 Å². The van der Waals surface area contributed by atoms with Crippen molar-refractivity contribution >= 4 is 21.4 Å². The molecule has 110 valence electrons. The van der Waals surface area contributed by atoms with Crippen LogP contribution in [0, 0.1) is 0 Å². The van der Waals surface area contributed by atoms with Crippen LogP contribution >= 0.6 is 11.3 Å². The molecule has 1 unspecified atom stereocenters. The fourth-order valence-electron chi connectivity index (χ4n) is 1.63. The first-order valence-corrected chi connectivity index (χ1v) is 9.10. The van der Waals surface area contributed by atoms with E-state index in [2.05, 4.69) is 21.9 Å². The minimum absolute atomic E-state index is 0.149. The molecule has 1 rings (SSSR count). The van der Waals surface area contributed by atoms with E-state index in [0.29, 0.717) is 6.42 Å². The summed E-state index contributed by atoms with van der Waals surface area (Å²) in [5.41, 5.74) is 0. The van der Waals surface area contributed by atoms with E-state index in [4.69, 9.17) is 0 Å². The van der Waals surface area contributed by atoms with Crippen molar-refractivity contribution in [1.29, 1.82) is 0 Å². The highest BCUT2D eigenvalue weighted by molar-refractivity contribution is 7.89. The summed E-state index contributed by atoms with van der Waals surface area (Å²) in [6.07, 6.45) is 3.36. The van der Waals surface area contributed by atoms with Gasteiger partial charge >= 0.3 is 0 Å². The van der Waals surface area contributed by atoms with Crippen LogP contribution in [0.3, 0.4) is 0 Å². The highest BCUT2D eigenvalue weighted by Gasteiger charge is 2.17. The van der Waals surface area contributed by atoms with Gasteiger partial charge in [-0.3, -0.25) is 0 Å². The van der Waals surface area contributed by atoms with Crippen LogP contribution in [0.25, 0.3) is 0 Å². The van der Waals surface area contributed by atoms with Crippen LogP contribution < -0.4 is 10.0 Å². The zero-order chi connectivity index (χ0) is 14.3. The second-order valence-electron chi connectivity index (χ2n) is 4.38. The average Bonchev–Trinajstić information content (AvgIpc) is 2.83. The summed E-state index contributed by atoms with van der Waals surface area (Å²) in [5, 5.41) is 3.94. The highest BCUT2D eigenvalue weighted by Crippen LogP contribution is 2.20. The minimum Gasteiger partial charge on any atom is -0.317 e. The SMILES string of the molecule is CCNCCCS(=O)(=O)NC(C)c1ncc(CC)s1. The molecular formula is C12H23N3O2S2. The first-order valence-electron chi connectivity index (χ1n) is 6.63. The van der Waals surface area contributed by atoms with E-state index in [-0.39, 0.29) is 11.8 Å². The molecule has 0 amide bonds. The lowest BCUT2D eigenvalue weighted by atomic mass is 10.4. The summed E-state index contributed by atoms with van der Waals surface area (Å²) in [4.78, 5) is 5.43. The van der Waals surface area contributed by atoms with Crippen molar-refractivity contribution in [2.24, 2.45) is 0 Å². The zero-order valence-electron chi connectivity index (χ0n) is 11.8. The van der Waals surface area contributed by atoms with E-state index in [9.17, 15) is 8.42 Å². The van der Waals surface area contributed by atoms with Crippen LogP contribution in [-0.2, 0) is 16.4 Å². The first-order chi connectivity index (χ1) is 8.98. The lowest BCUT2D eigenvalue weighted by molar-refractivity contribution is 0.561. The van der Waals surface area contributed by atoms with Crippen LogP contribution in [0.1, 0.15) is 43.1 Å². The minimum atomic E-state index is -3.23. The fourth-order valence-corrected chi connectivity index (χ4v) is 3.86. The van der Waals surface area contributed by atoms with Crippen molar-refractivity contribution in [2.75, 3.05) is 18.8 Å². The van der Waals surface area contributed by atoms with E-state index in [1.165, 1.54) is 4.88 Å². The van der Waals surface area contributed by atoms with Gasteiger partial charge in [0.2, 0.25) is 10.0 Å². The van der Waals surface area contributed by atoms with Crippen LogP contribution in [0.15, 0.2) is 6.20 Å². The highest BCUT2D eigenvalue weighted by atomic mass is 32.2. The van der Waals surface area contributed by atoms with Crippen LogP contribution in [0.4, 0.5) is 0 Å². The third kappa shape index (κ3) is 5.99. The summed E-state index contributed by atoms with van der Waals surface area (Å²) >= 11 is 1.56. The number of aromatic nitrogens is 1. The van der Waals surface area contributed by atoms with Gasteiger partial charge in [0.25, 0.3) is 0 Å². The number of hydrogen-bond acceptors (Lipinski definition) is 5. The first kappa shape index (κ1) is 16.6. The van der Waals surface area contributed by atoms with Gasteiger partial charge in [-0.25, -0.2) is 18.1 Å². The summed E-state index contributed by atoms with van der Waals surface area (Å²) in [6, 6.07) is -0.255. The molecule has 0 aliphatic heterocycles. The molecule has 0 bridgehead atoms. The van der Waals surface area contributed by atoms with Crippen molar-refractivity contribution in [1.82, 2.24) is 15.0 Å². The molecule has 0 spiro atoms. The van der Waals surface area contributed by atoms with E-state index < -0.39 is 10.0 Å². The standard InChI is InChI=1S/C12H23N3O2S2/c1-4-11-9-14-12(18-11)10(3)15-19(16,17)8-6-7-13-5-2/h9-10,13,15H,4-8H2,1-3H3. The summed E-state index contributed by atoms with van der Waals surface area (Å²) in [7, 11) is -3.23. The summed E-state index contributed by atoms with van der Waals surface area (Å²) in [6.45, 7) is 7.49. The third-order valence-electron chi connectivity index (χ3n) is 2.66. The number of sulfonamides is 1. The molecule has 0 saturated heterocycles. The smallest absolute Gasteiger partial charge is 0.212 e. The quantitative estimate of drug-likeness (QED) is 0.681. The molecule has 2 N–H and O–H groups in total. The van der Waals surface area contributed by atoms with Gasteiger partial charge in [0, 0.05) is 11.1 Å². The second kappa shape index (κ2) is 7.94. The molecule has 0 saturated carbocycles. The lowest BCUT2D eigenvalue weighted by Crippen LogP contribution is -2.30. The van der Waals surface area contributed by atoms with E-state index in [0.717, 1.165) is 24.5 Å². The van der Waals surface area contributed by atoms with Gasteiger partial charge in [-0.1, -0.05) is 13.8 Å². The lowest BCUT2D eigenvalue weighted by Gasteiger charge is -2.11. The molecule has 0 aromatic carbocycles. The molecule has 1 heterocycles. The Morgan fingerprint density at radius 1 is 1.42 bits per heavy atom. The Kier molecular flexibility index (Phi) is 6.92. The fraction of sp³-hybridized carbons (Fsp3) is 0.750. The van der Waals surface area contributed by atoms with E-state index in [1.54, 1.807) is 11.3 Å². The third-order valence-corrected chi connectivity index (χ3v) is 5.53. The number of rotatable bonds is 9. The molecule has 19 heavy (non-hydrogen) atoms. The Balaban J connectivity index is 2.47. The molecule has 0 radical (unpaired) electrons. The Morgan fingerprint density at radius 3 is 2.74 bits per heavy atom. The molecule has 0 aliphatic carbocycles. The van der Waals surface area contributed by atoms with Gasteiger partial charge in [0.05, 0.1) is 11.8 Å². The van der Waals surface area contributed by atoms with Gasteiger partial charge in [-0.2, -0.15) is 0 Å². The maximum atomic E-state index is 11.9. The monoisotopic (exact) mass is 305 g/mol. The Hall–Kier alpha value is -0.500. The van der Waals surface area contributed by atoms with Crippen molar-refractivity contribution < 1.29 is 8.42 Å². The predicted octanol–water partition coefficient (Wildman–Crippen LogP) is 1.69. The molecule has 0 fully saturated rings. The number of thiazole rings is 1. The second-order valence-corrected chi connectivity index (χ2v) is 7.40. The van der Waals surface area contributed by atoms with Gasteiger partial charge in [0.1, 0.15) is 5.01 Å². The Labute approximate surface area is 119 Å². The van der Waals surface area contributed by atoms with E-state index in [1.807, 2.05) is 20.0 Å². The topological polar surface area (TPSA) is 71.1 Å².